The lowest BCUT2D eigenvalue weighted by molar-refractivity contribution is 0.309. The lowest BCUT2D eigenvalue weighted by Gasteiger charge is -2.16. The van der Waals surface area contributed by atoms with E-state index in [4.69, 9.17) is 0 Å². The minimum atomic E-state index is -0.172. The van der Waals surface area contributed by atoms with Gasteiger partial charge in [0.25, 0.3) is 0 Å². The van der Waals surface area contributed by atoms with Crippen LogP contribution in [0.1, 0.15) is 24.6 Å². The fraction of sp³-hybridized carbons (Fsp3) is 0.375. The largest absolute Gasteiger partial charge is 0.369 e. The van der Waals surface area contributed by atoms with E-state index < -0.39 is 0 Å². The molecule has 0 unspecified atom stereocenters. The molecule has 4 nitrogen and oxygen atoms in total. The number of anilines is 1. The van der Waals surface area contributed by atoms with Gasteiger partial charge in [-0.3, -0.25) is 9.88 Å². The molecule has 0 aliphatic heterocycles. The summed E-state index contributed by atoms with van der Waals surface area (Å²) in [7, 11) is 1.94. The van der Waals surface area contributed by atoms with Gasteiger partial charge < -0.3 is 5.32 Å². The monoisotopic (exact) mass is 288 g/mol. The highest BCUT2D eigenvalue weighted by atomic mass is 19.1. The van der Waals surface area contributed by atoms with E-state index in [2.05, 4.69) is 22.2 Å². The number of nitrogens with one attached hydrogen (secondary N) is 1. The Morgan fingerprint density at radius 3 is 2.62 bits per heavy atom. The first-order chi connectivity index (χ1) is 10.2. The Morgan fingerprint density at radius 2 is 1.95 bits per heavy atom. The highest BCUT2D eigenvalue weighted by molar-refractivity contribution is 5.30. The Bertz CT molecular complexity index is 556. The number of rotatable bonds is 7. The third-order valence-electron chi connectivity index (χ3n) is 3.09. The van der Waals surface area contributed by atoms with E-state index in [0.29, 0.717) is 18.7 Å². The van der Waals surface area contributed by atoms with Crippen LogP contribution in [0.15, 0.2) is 36.7 Å². The first kappa shape index (κ1) is 15.4. The lowest BCUT2D eigenvalue weighted by Crippen LogP contribution is -2.19. The Kier molecular flexibility index (Phi) is 5.63. The first-order valence-electron chi connectivity index (χ1n) is 7.15. The summed E-state index contributed by atoms with van der Waals surface area (Å²) < 4.78 is 13.6. The van der Waals surface area contributed by atoms with E-state index in [1.165, 1.54) is 6.07 Å². The first-order valence-corrected chi connectivity index (χ1v) is 7.15. The van der Waals surface area contributed by atoms with Gasteiger partial charge in [-0.05, 0) is 19.5 Å². The van der Waals surface area contributed by atoms with Gasteiger partial charge in [-0.2, -0.15) is 0 Å². The van der Waals surface area contributed by atoms with Crippen molar-refractivity contribution in [1.29, 1.82) is 0 Å². The van der Waals surface area contributed by atoms with Gasteiger partial charge in [-0.15, -0.1) is 0 Å². The van der Waals surface area contributed by atoms with Crippen molar-refractivity contribution in [2.45, 2.75) is 26.4 Å². The molecule has 0 radical (unpaired) electrons. The number of benzene rings is 1. The molecule has 0 atom stereocenters. The minimum absolute atomic E-state index is 0.172. The SMILES string of the molecule is CCCNc1cnc(CN(C)Cc2ccccc2F)cn1. The molecule has 2 aromatic rings. The molecule has 0 spiro atoms. The van der Waals surface area contributed by atoms with E-state index >= 15 is 0 Å². The van der Waals surface area contributed by atoms with Crippen molar-refractivity contribution >= 4 is 5.82 Å². The van der Waals surface area contributed by atoms with Crippen LogP contribution in [0.4, 0.5) is 10.2 Å². The van der Waals surface area contributed by atoms with Gasteiger partial charge in [0, 0.05) is 25.2 Å². The molecule has 112 valence electrons. The highest BCUT2D eigenvalue weighted by Crippen LogP contribution is 2.11. The summed E-state index contributed by atoms with van der Waals surface area (Å²) >= 11 is 0. The van der Waals surface area contributed by atoms with Gasteiger partial charge in [-0.25, -0.2) is 9.37 Å². The van der Waals surface area contributed by atoms with Crippen LogP contribution in [0, 0.1) is 5.82 Å². The van der Waals surface area contributed by atoms with E-state index in [9.17, 15) is 4.39 Å². The molecule has 0 bridgehead atoms. The maximum Gasteiger partial charge on any atom is 0.144 e. The quantitative estimate of drug-likeness (QED) is 0.850. The average molecular weight is 288 g/mol. The number of aromatic nitrogens is 2. The molecule has 0 amide bonds. The smallest absolute Gasteiger partial charge is 0.144 e. The predicted molar refractivity (Wildman–Crippen MR) is 82.4 cm³/mol. The van der Waals surface area contributed by atoms with Crippen molar-refractivity contribution in [1.82, 2.24) is 14.9 Å². The Balaban J connectivity index is 1.90. The number of halogens is 1. The Morgan fingerprint density at radius 1 is 1.14 bits per heavy atom. The summed E-state index contributed by atoms with van der Waals surface area (Å²) in [6.45, 7) is 4.17. The van der Waals surface area contributed by atoms with Gasteiger partial charge in [0.05, 0.1) is 18.1 Å². The van der Waals surface area contributed by atoms with Crippen molar-refractivity contribution < 1.29 is 4.39 Å². The predicted octanol–water partition coefficient (Wildman–Crippen LogP) is 3.07. The lowest BCUT2D eigenvalue weighted by atomic mass is 10.2. The normalized spacial score (nSPS) is 10.9. The molecule has 0 aliphatic carbocycles. The van der Waals surface area contributed by atoms with Crippen LogP contribution in [0.2, 0.25) is 0 Å². The summed E-state index contributed by atoms with van der Waals surface area (Å²) in [4.78, 5) is 10.7. The molecule has 0 saturated carbocycles. The second-order valence-electron chi connectivity index (χ2n) is 5.08. The fourth-order valence-electron chi connectivity index (χ4n) is 2.03. The molecular weight excluding hydrogens is 267 g/mol. The zero-order chi connectivity index (χ0) is 15.1. The number of hydrogen-bond donors (Lipinski definition) is 1. The molecular formula is C16H21FN4. The molecule has 21 heavy (non-hydrogen) atoms. The van der Waals surface area contributed by atoms with E-state index in [1.54, 1.807) is 24.5 Å². The van der Waals surface area contributed by atoms with E-state index in [0.717, 1.165) is 24.5 Å². The summed E-state index contributed by atoms with van der Waals surface area (Å²) in [5.41, 5.74) is 1.56. The van der Waals surface area contributed by atoms with Crippen molar-refractivity contribution in [3.63, 3.8) is 0 Å². The molecule has 0 saturated heterocycles. The third-order valence-corrected chi connectivity index (χ3v) is 3.09. The van der Waals surface area contributed by atoms with Gasteiger partial charge in [-0.1, -0.05) is 25.1 Å². The minimum Gasteiger partial charge on any atom is -0.369 e. The van der Waals surface area contributed by atoms with Crippen LogP contribution in [-0.4, -0.2) is 28.5 Å². The maximum atomic E-state index is 13.6. The average Bonchev–Trinajstić information content (AvgIpc) is 2.49. The topological polar surface area (TPSA) is 41.1 Å². The van der Waals surface area contributed by atoms with Gasteiger partial charge in [0.15, 0.2) is 0 Å². The molecule has 1 aromatic carbocycles. The molecule has 1 N–H and O–H groups in total. The maximum absolute atomic E-state index is 13.6. The molecule has 0 fully saturated rings. The van der Waals surface area contributed by atoms with Crippen LogP contribution >= 0.6 is 0 Å². The summed E-state index contributed by atoms with van der Waals surface area (Å²) in [5.74, 6) is 0.618. The van der Waals surface area contributed by atoms with Crippen LogP contribution < -0.4 is 5.32 Å². The Labute approximate surface area is 125 Å². The number of hydrogen-bond acceptors (Lipinski definition) is 4. The van der Waals surface area contributed by atoms with E-state index in [-0.39, 0.29) is 5.82 Å². The second-order valence-corrected chi connectivity index (χ2v) is 5.08. The molecule has 2 rings (SSSR count). The number of nitrogens with zero attached hydrogens (tertiary/aromatic N) is 3. The van der Waals surface area contributed by atoms with Crippen LogP contribution in [0.3, 0.4) is 0 Å². The van der Waals surface area contributed by atoms with Crippen molar-refractivity contribution in [3.05, 3.63) is 53.7 Å². The van der Waals surface area contributed by atoms with Crippen LogP contribution in [0.5, 0.6) is 0 Å². The van der Waals surface area contributed by atoms with Gasteiger partial charge in [0.2, 0.25) is 0 Å². The highest BCUT2D eigenvalue weighted by Gasteiger charge is 2.07. The van der Waals surface area contributed by atoms with E-state index in [1.807, 2.05) is 18.0 Å². The molecule has 1 heterocycles. The summed E-state index contributed by atoms with van der Waals surface area (Å²) in [5, 5.41) is 3.19. The Hall–Kier alpha value is -2.01. The second kappa shape index (κ2) is 7.69. The van der Waals surface area contributed by atoms with Crippen LogP contribution in [0.25, 0.3) is 0 Å². The standard InChI is InChI=1S/C16H21FN4/c1-3-8-18-16-10-19-14(9-20-16)12-21(2)11-13-6-4-5-7-15(13)17/h4-7,9-10H,3,8,11-12H2,1-2H3,(H,18,20). The molecule has 0 aliphatic rings. The molecule has 5 heteroatoms. The van der Waals surface area contributed by atoms with Gasteiger partial charge >= 0.3 is 0 Å². The van der Waals surface area contributed by atoms with Crippen molar-refractivity contribution in [2.75, 3.05) is 18.9 Å². The zero-order valence-corrected chi connectivity index (χ0v) is 12.5. The third kappa shape index (κ3) is 4.79. The zero-order valence-electron chi connectivity index (χ0n) is 12.5. The van der Waals surface area contributed by atoms with Crippen molar-refractivity contribution in [3.8, 4) is 0 Å². The van der Waals surface area contributed by atoms with Crippen LogP contribution in [-0.2, 0) is 13.1 Å². The molecule has 1 aromatic heterocycles. The van der Waals surface area contributed by atoms with Crippen molar-refractivity contribution in [2.24, 2.45) is 0 Å². The van der Waals surface area contributed by atoms with Gasteiger partial charge in [0.1, 0.15) is 11.6 Å². The summed E-state index contributed by atoms with van der Waals surface area (Å²) in [6, 6.07) is 6.83. The summed E-state index contributed by atoms with van der Waals surface area (Å²) in [6.07, 6.45) is 4.55. The fourth-order valence-corrected chi connectivity index (χ4v) is 2.03.